The van der Waals surface area contributed by atoms with Gasteiger partial charge in [0.1, 0.15) is 0 Å². The average molecular weight is 337 g/mol. The molecule has 0 aliphatic carbocycles. The number of aromatic nitrogens is 1. The number of carbonyl (C=O) groups excluding carboxylic acids is 1. The summed E-state index contributed by atoms with van der Waals surface area (Å²) in [6, 6.07) is 12.3. The molecule has 3 heterocycles. The highest BCUT2D eigenvalue weighted by Crippen LogP contribution is 2.29. The number of hydrogen-bond acceptors (Lipinski definition) is 2. The van der Waals surface area contributed by atoms with Crippen LogP contribution in [0.3, 0.4) is 0 Å². The highest BCUT2D eigenvalue weighted by molar-refractivity contribution is 5.96. The number of nitrogens with one attached hydrogen (secondary N) is 1. The fraction of sp³-hybridized carbons (Fsp3) is 0.476. The average Bonchev–Trinajstić information content (AvgIpc) is 3.13. The number of hydrogen-bond donors (Lipinski definition) is 1. The van der Waals surface area contributed by atoms with Crippen LogP contribution in [0.5, 0.6) is 0 Å². The number of nitrogens with zero attached hydrogens (tertiary/aromatic N) is 2. The number of fused-ring (bicyclic) bond motifs is 1. The Bertz CT molecular complexity index is 751. The predicted molar refractivity (Wildman–Crippen MR) is 100 cm³/mol. The lowest BCUT2D eigenvalue weighted by Crippen LogP contribution is -2.33. The third kappa shape index (κ3) is 2.99. The van der Waals surface area contributed by atoms with Crippen LogP contribution < -0.4 is 5.32 Å². The van der Waals surface area contributed by atoms with Gasteiger partial charge in [-0.05, 0) is 69.8 Å². The molecule has 4 nitrogen and oxygen atoms in total. The number of para-hydroxylation sites is 1. The molecule has 2 atom stereocenters. The maximum absolute atomic E-state index is 13.2. The molecule has 132 valence electrons. The largest absolute Gasteiger partial charge is 0.339 e. The second-order valence-electron chi connectivity index (χ2n) is 7.50. The molecule has 1 aromatic carbocycles. The number of benzene rings is 1. The van der Waals surface area contributed by atoms with E-state index in [1.165, 1.54) is 0 Å². The zero-order valence-electron chi connectivity index (χ0n) is 15.2. The lowest BCUT2D eigenvalue weighted by atomic mass is 9.92. The third-order valence-electron chi connectivity index (χ3n) is 5.98. The standard InChI is InChI=1S/C21H27N3O/c1-15-12-20(16(2)24(15)19-6-4-3-5-7-19)21(25)23-10-8-17-13-22-14-18(17)9-11-23/h3-7,12,17-18,22H,8-11,13-14H2,1-2H3/t17-,18+. The molecule has 1 aromatic heterocycles. The Morgan fingerprint density at radius 1 is 1.04 bits per heavy atom. The van der Waals surface area contributed by atoms with E-state index in [1.54, 1.807) is 0 Å². The first-order valence-corrected chi connectivity index (χ1v) is 9.39. The molecular formula is C21H27N3O. The van der Waals surface area contributed by atoms with Crippen LogP contribution in [0.2, 0.25) is 0 Å². The van der Waals surface area contributed by atoms with E-state index in [4.69, 9.17) is 0 Å². The topological polar surface area (TPSA) is 37.3 Å². The van der Waals surface area contributed by atoms with Gasteiger partial charge in [-0.1, -0.05) is 18.2 Å². The van der Waals surface area contributed by atoms with Crippen molar-refractivity contribution in [2.45, 2.75) is 26.7 Å². The molecule has 4 rings (SSSR count). The summed E-state index contributed by atoms with van der Waals surface area (Å²) in [4.78, 5) is 15.3. The van der Waals surface area contributed by atoms with E-state index in [2.05, 4.69) is 46.8 Å². The summed E-state index contributed by atoms with van der Waals surface area (Å²) >= 11 is 0. The quantitative estimate of drug-likeness (QED) is 0.914. The van der Waals surface area contributed by atoms with Gasteiger partial charge in [-0.2, -0.15) is 0 Å². The molecule has 2 fully saturated rings. The Labute approximate surface area is 149 Å². The monoisotopic (exact) mass is 337 g/mol. The van der Waals surface area contributed by atoms with E-state index in [0.29, 0.717) is 0 Å². The van der Waals surface area contributed by atoms with Crippen LogP contribution >= 0.6 is 0 Å². The Morgan fingerprint density at radius 3 is 2.32 bits per heavy atom. The van der Waals surface area contributed by atoms with Crippen molar-refractivity contribution in [1.29, 1.82) is 0 Å². The minimum absolute atomic E-state index is 0.197. The molecule has 2 aliphatic rings. The number of rotatable bonds is 2. The summed E-state index contributed by atoms with van der Waals surface area (Å²) < 4.78 is 2.18. The molecule has 0 bridgehead atoms. The Morgan fingerprint density at radius 2 is 1.68 bits per heavy atom. The molecule has 2 aliphatic heterocycles. The summed E-state index contributed by atoms with van der Waals surface area (Å²) in [5.74, 6) is 1.69. The second-order valence-corrected chi connectivity index (χ2v) is 7.50. The van der Waals surface area contributed by atoms with Crippen molar-refractivity contribution in [1.82, 2.24) is 14.8 Å². The third-order valence-corrected chi connectivity index (χ3v) is 5.98. The van der Waals surface area contributed by atoms with E-state index in [9.17, 15) is 4.79 Å². The van der Waals surface area contributed by atoms with Crippen molar-refractivity contribution in [2.75, 3.05) is 26.2 Å². The Kier molecular flexibility index (Phi) is 4.38. The molecule has 0 saturated carbocycles. The molecule has 0 spiro atoms. The van der Waals surface area contributed by atoms with Crippen LogP contribution in [0.1, 0.15) is 34.6 Å². The first-order valence-electron chi connectivity index (χ1n) is 9.39. The summed E-state index contributed by atoms with van der Waals surface area (Å²) in [6.07, 6.45) is 2.25. The highest BCUT2D eigenvalue weighted by Gasteiger charge is 2.32. The van der Waals surface area contributed by atoms with E-state index >= 15 is 0 Å². The number of aryl methyl sites for hydroxylation is 1. The fourth-order valence-electron chi connectivity index (χ4n) is 4.55. The summed E-state index contributed by atoms with van der Waals surface area (Å²) in [5, 5.41) is 3.50. The molecule has 2 aromatic rings. The van der Waals surface area contributed by atoms with Crippen molar-refractivity contribution in [3.63, 3.8) is 0 Å². The molecule has 1 N–H and O–H groups in total. The van der Waals surface area contributed by atoms with Gasteiger partial charge < -0.3 is 14.8 Å². The maximum atomic E-state index is 13.2. The minimum atomic E-state index is 0.197. The molecule has 1 amide bonds. The zero-order chi connectivity index (χ0) is 17.4. The minimum Gasteiger partial charge on any atom is -0.339 e. The van der Waals surface area contributed by atoms with Gasteiger partial charge in [0.05, 0.1) is 5.56 Å². The summed E-state index contributed by atoms with van der Waals surface area (Å²) in [7, 11) is 0. The van der Waals surface area contributed by atoms with Crippen molar-refractivity contribution < 1.29 is 4.79 Å². The summed E-state index contributed by atoms with van der Waals surface area (Å²) in [5.41, 5.74) is 4.13. The van der Waals surface area contributed by atoms with Crippen molar-refractivity contribution in [3.05, 3.63) is 53.3 Å². The maximum Gasteiger partial charge on any atom is 0.255 e. The van der Waals surface area contributed by atoms with Gasteiger partial charge in [0, 0.05) is 30.2 Å². The van der Waals surface area contributed by atoms with Gasteiger partial charge in [-0.25, -0.2) is 0 Å². The zero-order valence-corrected chi connectivity index (χ0v) is 15.2. The van der Waals surface area contributed by atoms with Gasteiger partial charge in [-0.15, -0.1) is 0 Å². The Hall–Kier alpha value is -2.07. The lowest BCUT2D eigenvalue weighted by Gasteiger charge is -2.21. The Balaban J connectivity index is 1.58. The van der Waals surface area contributed by atoms with Crippen molar-refractivity contribution >= 4 is 5.91 Å². The molecule has 25 heavy (non-hydrogen) atoms. The number of carbonyl (C=O) groups is 1. The van der Waals surface area contributed by atoms with Crippen LogP contribution in [-0.2, 0) is 0 Å². The molecule has 0 radical (unpaired) electrons. The predicted octanol–water partition coefficient (Wildman–Crippen LogP) is 3.17. The smallest absolute Gasteiger partial charge is 0.255 e. The van der Waals surface area contributed by atoms with Crippen LogP contribution in [0.4, 0.5) is 0 Å². The normalized spacial score (nSPS) is 23.4. The number of likely N-dealkylation sites (tertiary alicyclic amines) is 1. The van der Waals surface area contributed by atoms with E-state index in [-0.39, 0.29) is 5.91 Å². The molecule has 4 heteroatoms. The van der Waals surface area contributed by atoms with Gasteiger partial charge in [0.25, 0.3) is 5.91 Å². The highest BCUT2D eigenvalue weighted by atomic mass is 16.2. The van der Waals surface area contributed by atoms with Crippen LogP contribution in [0.15, 0.2) is 36.4 Å². The fourth-order valence-corrected chi connectivity index (χ4v) is 4.55. The molecular weight excluding hydrogens is 310 g/mol. The van der Waals surface area contributed by atoms with E-state index < -0.39 is 0 Å². The molecule has 0 unspecified atom stereocenters. The van der Waals surface area contributed by atoms with E-state index in [0.717, 1.165) is 73.5 Å². The van der Waals surface area contributed by atoms with Gasteiger partial charge in [0.15, 0.2) is 0 Å². The van der Waals surface area contributed by atoms with Crippen LogP contribution in [0.25, 0.3) is 5.69 Å². The van der Waals surface area contributed by atoms with Crippen molar-refractivity contribution in [2.24, 2.45) is 11.8 Å². The van der Waals surface area contributed by atoms with Gasteiger partial charge in [-0.3, -0.25) is 4.79 Å². The van der Waals surface area contributed by atoms with E-state index in [1.807, 2.05) is 18.2 Å². The first-order chi connectivity index (χ1) is 12.1. The lowest BCUT2D eigenvalue weighted by molar-refractivity contribution is 0.0758. The SMILES string of the molecule is Cc1cc(C(=O)N2CC[C@@H]3CNC[C@@H]3CC2)c(C)n1-c1ccccc1. The van der Waals surface area contributed by atoms with Gasteiger partial charge >= 0.3 is 0 Å². The molecule has 2 saturated heterocycles. The van der Waals surface area contributed by atoms with Crippen LogP contribution in [-0.4, -0.2) is 41.6 Å². The number of amides is 1. The summed E-state index contributed by atoms with van der Waals surface area (Å²) in [6.45, 7) is 8.15. The van der Waals surface area contributed by atoms with Crippen LogP contribution in [0, 0.1) is 25.7 Å². The first kappa shape index (κ1) is 16.4. The van der Waals surface area contributed by atoms with Gasteiger partial charge in [0.2, 0.25) is 0 Å². The van der Waals surface area contributed by atoms with Crippen molar-refractivity contribution in [3.8, 4) is 5.69 Å². The second kappa shape index (κ2) is 6.68.